The fraction of sp³-hybridized carbons (Fsp3) is 0.333. The summed E-state index contributed by atoms with van der Waals surface area (Å²) in [6.07, 6.45) is 0.201. The van der Waals surface area contributed by atoms with Crippen molar-refractivity contribution in [3.05, 3.63) is 39.7 Å². The molecule has 0 bridgehead atoms. The van der Waals surface area contributed by atoms with Gasteiger partial charge in [0.25, 0.3) is 5.69 Å². The van der Waals surface area contributed by atoms with Gasteiger partial charge in [-0.25, -0.2) is 4.39 Å². The van der Waals surface area contributed by atoms with E-state index in [9.17, 15) is 14.5 Å². The molecule has 1 atom stereocenters. The van der Waals surface area contributed by atoms with Gasteiger partial charge in [-0.05, 0) is 18.6 Å². The predicted molar refractivity (Wildman–Crippen MR) is 58.9 cm³/mol. The summed E-state index contributed by atoms with van der Waals surface area (Å²) in [6.45, 7) is -0.171. The maximum absolute atomic E-state index is 12.8. The van der Waals surface area contributed by atoms with Crippen molar-refractivity contribution in [1.29, 1.82) is 0 Å². The van der Waals surface area contributed by atoms with Gasteiger partial charge in [0, 0.05) is 18.2 Å². The van der Waals surface area contributed by atoms with Gasteiger partial charge >= 0.3 is 0 Å². The summed E-state index contributed by atoms with van der Waals surface area (Å²) in [4.78, 5) is 9.92. The van der Waals surface area contributed by atoms with Crippen LogP contribution < -0.4 is 5.73 Å². The third-order valence-electron chi connectivity index (χ3n) is 2.03. The van der Waals surface area contributed by atoms with Crippen LogP contribution in [0.5, 0.6) is 0 Å². The summed E-state index contributed by atoms with van der Waals surface area (Å²) in [5, 5.41) is 19.3. The Morgan fingerprint density at radius 3 is 2.69 bits per heavy atom. The summed E-state index contributed by atoms with van der Waals surface area (Å²) >= 11 is 0. The zero-order valence-electron chi connectivity index (χ0n) is 8.30. The molecule has 7 heteroatoms. The highest BCUT2D eigenvalue weighted by molar-refractivity contribution is 5.85. The number of hydrogen-bond acceptors (Lipinski definition) is 4. The normalized spacial score (nSPS) is 11.7. The molecule has 5 nitrogen and oxygen atoms in total. The van der Waals surface area contributed by atoms with E-state index in [1.54, 1.807) is 0 Å². The Morgan fingerprint density at radius 1 is 1.56 bits per heavy atom. The van der Waals surface area contributed by atoms with Crippen molar-refractivity contribution in [3.8, 4) is 0 Å². The van der Waals surface area contributed by atoms with E-state index in [1.807, 2.05) is 0 Å². The summed E-state index contributed by atoms with van der Waals surface area (Å²) in [5.41, 5.74) is 5.49. The highest BCUT2D eigenvalue weighted by Gasteiger charge is 2.19. The van der Waals surface area contributed by atoms with Crippen LogP contribution in [0.2, 0.25) is 0 Å². The smallest absolute Gasteiger partial charge is 0.277 e. The van der Waals surface area contributed by atoms with Gasteiger partial charge in [-0.1, -0.05) is 0 Å². The zero-order chi connectivity index (χ0) is 11.4. The van der Waals surface area contributed by atoms with Gasteiger partial charge in [0.05, 0.1) is 11.0 Å². The third kappa shape index (κ3) is 3.41. The molecule has 90 valence electrons. The molecule has 16 heavy (non-hydrogen) atoms. The van der Waals surface area contributed by atoms with Crippen LogP contribution in [-0.2, 0) is 0 Å². The van der Waals surface area contributed by atoms with E-state index in [0.717, 1.165) is 12.1 Å². The van der Waals surface area contributed by atoms with E-state index in [-0.39, 0.29) is 36.7 Å². The fourth-order valence-corrected chi connectivity index (χ4v) is 1.28. The number of nitro groups is 1. The molecule has 0 spiro atoms. The Bertz CT molecular complexity index is 376. The molecular formula is C9H12ClFN2O3. The molecule has 0 aliphatic rings. The van der Waals surface area contributed by atoms with E-state index in [4.69, 9.17) is 10.8 Å². The maximum Gasteiger partial charge on any atom is 0.277 e. The molecule has 1 rings (SSSR count). The third-order valence-corrected chi connectivity index (χ3v) is 2.03. The van der Waals surface area contributed by atoms with E-state index < -0.39 is 16.8 Å². The van der Waals surface area contributed by atoms with Crippen LogP contribution >= 0.6 is 12.4 Å². The van der Waals surface area contributed by atoms with Crippen molar-refractivity contribution < 1.29 is 14.4 Å². The van der Waals surface area contributed by atoms with Crippen molar-refractivity contribution in [2.24, 2.45) is 5.73 Å². The van der Waals surface area contributed by atoms with E-state index in [0.29, 0.717) is 0 Å². The molecule has 1 aromatic rings. The molecule has 3 N–H and O–H groups in total. The molecule has 0 fully saturated rings. The molecule has 0 radical (unpaired) electrons. The minimum atomic E-state index is -0.685. The SMILES string of the molecule is Cl.N[C@@H](CCO)c1ccc(F)cc1[N+](=O)[O-]. The number of aliphatic hydroxyl groups excluding tert-OH is 1. The first-order valence-electron chi connectivity index (χ1n) is 4.36. The van der Waals surface area contributed by atoms with Gasteiger partial charge in [0.15, 0.2) is 0 Å². The lowest BCUT2D eigenvalue weighted by molar-refractivity contribution is -0.385. The monoisotopic (exact) mass is 250 g/mol. The highest BCUT2D eigenvalue weighted by Crippen LogP contribution is 2.26. The van der Waals surface area contributed by atoms with Crippen molar-refractivity contribution in [3.63, 3.8) is 0 Å². The van der Waals surface area contributed by atoms with Crippen LogP contribution in [0.25, 0.3) is 0 Å². The van der Waals surface area contributed by atoms with E-state index in [2.05, 4.69) is 0 Å². The first-order chi connectivity index (χ1) is 7.06. The second-order valence-corrected chi connectivity index (χ2v) is 3.08. The second-order valence-electron chi connectivity index (χ2n) is 3.08. The minimum Gasteiger partial charge on any atom is -0.396 e. The molecule has 0 saturated heterocycles. The van der Waals surface area contributed by atoms with Crippen molar-refractivity contribution in [2.75, 3.05) is 6.61 Å². The Balaban J connectivity index is 0.00000225. The first-order valence-corrected chi connectivity index (χ1v) is 4.36. The van der Waals surface area contributed by atoms with Crippen LogP contribution in [-0.4, -0.2) is 16.6 Å². The molecular weight excluding hydrogens is 239 g/mol. The molecule has 0 aliphatic heterocycles. The van der Waals surface area contributed by atoms with Crippen LogP contribution in [0, 0.1) is 15.9 Å². The second kappa shape index (κ2) is 6.37. The Morgan fingerprint density at radius 2 is 2.19 bits per heavy atom. The lowest BCUT2D eigenvalue weighted by Gasteiger charge is -2.10. The number of rotatable bonds is 4. The minimum absolute atomic E-state index is 0. The summed E-state index contributed by atoms with van der Waals surface area (Å²) < 4.78 is 12.8. The topological polar surface area (TPSA) is 89.4 Å². The average molecular weight is 251 g/mol. The number of nitrogens with two attached hydrogens (primary N) is 1. The quantitative estimate of drug-likeness (QED) is 0.627. The van der Waals surface area contributed by atoms with Gasteiger partial charge in [0.2, 0.25) is 0 Å². The van der Waals surface area contributed by atoms with Gasteiger partial charge in [-0.2, -0.15) is 0 Å². The van der Waals surface area contributed by atoms with Gasteiger partial charge in [-0.15, -0.1) is 12.4 Å². The number of aliphatic hydroxyl groups is 1. The van der Waals surface area contributed by atoms with Crippen molar-refractivity contribution >= 4 is 18.1 Å². The Labute approximate surface area is 97.6 Å². The average Bonchev–Trinajstić information content (AvgIpc) is 2.17. The number of benzene rings is 1. The molecule has 0 aliphatic carbocycles. The van der Waals surface area contributed by atoms with Gasteiger partial charge < -0.3 is 10.8 Å². The molecule has 0 saturated carbocycles. The summed E-state index contributed by atoms with van der Waals surface area (Å²) in [6, 6.07) is 2.55. The largest absolute Gasteiger partial charge is 0.396 e. The van der Waals surface area contributed by atoms with Crippen LogP contribution in [0.15, 0.2) is 18.2 Å². The highest BCUT2D eigenvalue weighted by atomic mass is 35.5. The fourth-order valence-electron chi connectivity index (χ4n) is 1.28. The number of nitrogens with zero attached hydrogens (tertiary/aromatic N) is 1. The zero-order valence-corrected chi connectivity index (χ0v) is 9.11. The molecule has 0 aromatic heterocycles. The lowest BCUT2D eigenvalue weighted by Crippen LogP contribution is -2.14. The first kappa shape index (κ1) is 14.8. The van der Waals surface area contributed by atoms with Crippen LogP contribution in [0.3, 0.4) is 0 Å². The number of hydrogen-bond donors (Lipinski definition) is 2. The van der Waals surface area contributed by atoms with E-state index in [1.165, 1.54) is 6.07 Å². The lowest BCUT2D eigenvalue weighted by atomic mass is 10.0. The number of nitro benzene ring substituents is 1. The van der Waals surface area contributed by atoms with Crippen LogP contribution in [0.1, 0.15) is 18.0 Å². The Hall–Kier alpha value is -1.24. The maximum atomic E-state index is 12.8. The predicted octanol–water partition coefficient (Wildman–Crippen LogP) is 1.54. The Kier molecular flexibility index (Phi) is 5.87. The molecule has 0 heterocycles. The van der Waals surface area contributed by atoms with Crippen molar-refractivity contribution in [1.82, 2.24) is 0 Å². The molecule has 1 aromatic carbocycles. The van der Waals surface area contributed by atoms with E-state index >= 15 is 0 Å². The van der Waals surface area contributed by atoms with Crippen LogP contribution in [0.4, 0.5) is 10.1 Å². The summed E-state index contributed by atoms with van der Waals surface area (Å²) in [7, 11) is 0. The van der Waals surface area contributed by atoms with Gasteiger partial charge in [-0.3, -0.25) is 10.1 Å². The number of halogens is 2. The molecule has 0 amide bonds. The van der Waals surface area contributed by atoms with Gasteiger partial charge in [0.1, 0.15) is 5.82 Å². The standard InChI is InChI=1S/C9H11FN2O3.ClH/c10-6-1-2-7(8(11)3-4-13)9(5-6)12(14)15;/h1-2,5,8,13H,3-4,11H2;1H/t8-;/m0./s1. The van der Waals surface area contributed by atoms with Crippen molar-refractivity contribution in [2.45, 2.75) is 12.5 Å². The summed E-state index contributed by atoms with van der Waals surface area (Å²) in [5.74, 6) is -0.679. The molecule has 0 unspecified atom stereocenters.